The zero-order valence-corrected chi connectivity index (χ0v) is 12.8. The van der Waals surface area contributed by atoms with Gasteiger partial charge in [0.25, 0.3) is 5.91 Å². The number of hydrogen-bond acceptors (Lipinski definition) is 2. The fraction of sp³-hybridized carbons (Fsp3) is 0.467. The standard InChI is InChI=1S/C15H23FN4O/c1-4-7-19-15(17-3)20-9-8-18-14(21)12-6-5-11(2)13(16)10-12/h5-6,10H,4,7-9H2,1-3H3,(H,18,21)(H2,17,19,20). The second kappa shape index (κ2) is 8.94. The molecule has 0 fully saturated rings. The van der Waals surface area contributed by atoms with Gasteiger partial charge in [-0.15, -0.1) is 0 Å². The lowest BCUT2D eigenvalue weighted by Gasteiger charge is -2.11. The van der Waals surface area contributed by atoms with Crippen molar-refractivity contribution in [3.05, 3.63) is 35.1 Å². The van der Waals surface area contributed by atoms with Gasteiger partial charge in [0.05, 0.1) is 0 Å². The number of halogens is 1. The first-order valence-corrected chi connectivity index (χ1v) is 7.07. The van der Waals surface area contributed by atoms with Gasteiger partial charge in [0.2, 0.25) is 0 Å². The highest BCUT2D eigenvalue weighted by Crippen LogP contribution is 2.08. The Balaban J connectivity index is 2.35. The van der Waals surface area contributed by atoms with Crippen LogP contribution in [0.4, 0.5) is 4.39 Å². The van der Waals surface area contributed by atoms with Crippen molar-refractivity contribution in [2.24, 2.45) is 4.99 Å². The Hall–Kier alpha value is -2.11. The summed E-state index contributed by atoms with van der Waals surface area (Å²) in [5.74, 6) is 0.0460. The monoisotopic (exact) mass is 294 g/mol. The second-order valence-electron chi connectivity index (χ2n) is 4.65. The molecular weight excluding hydrogens is 271 g/mol. The molecule has 0 radical (unpaired) electrons. The molecule has 1 rings (SSSR count). The summed E-state index contributed by atoms with van der Waals surface area (Å²) in [6, 6.07) is 4.46. The fourth-order valence-corrected chi connectivity index (χ4v) is 1.66. The highest BCUT2D eigenvalue weighted by atomic mass is 19.1. The van der Waals surface area contributed by atoms with E-state index in [9.17, 15) is 9.18 Å². The molecule has 0 saturated heterocycles. The number of guanidine groups is 1. The van der Waals surface area contributed by atoms with Gasteiger partial charge >= 0.3 is 0 Å². The lowest BCUT2D eigenvalue weighted by Crippen LogP contribution is -2.41. The van der Waals surface area contributed by atoms with E-state index in [0.29, 0.717) is 30.2 Å². The number of benzene rings is 1. The van der Waals surface area contributed by atoms with Crippen molar-refractivity contribution in [2.45, 2.75) is 20.3 Å². The van der Waals surface area contributed by atoms with Crippen LogP contribution in [0.2, 0.25) is 0 Å². The van der Waals surface area contributed by atoms with Crippen LogP contribution in [0.25, 0.3) is 0 Å². The number of aryl methyl sites for hydroxylation is 1. The van der Waals surface area contributed by atoms with E-state index < -0.39 is 0 Å². The minimum absolute atomic E-state index is 0.285. The first-order valence-electron chi connectivity index (χ1n) is 7.07. The number of aliphatic imine (C=N–C) groups is 1. The summed E-state index contributed by atoms with van der Waals surface area (Å²) in [5.41, 5.74) is 0.852. The number of rotatable bonds is 6. The molecule has 0 aliphatic heterocycles. The number of amides is 1. The normalized spacial score (nSPS) is 11.1. The molecule has 116 valence electrons. The summed E-state index contributed by atoms with van der Waals surface area (Å²) in [4.78, 5) is 15.9. The third-order valence-corrected chi connectivity index (χ3v) is 2.90. The molecule has 1 aromatic carbocycles. The van der Waals surface area contributed by atoms with E-state index in [1.54, 1.807) is 26.1 Å². The minimum atomic E-state index is -0.370. The maximum Gasteiger partial charge on any atom is 0.251 e. The van der Waals surface area contributed by atoms with Crippen LogP contribution >= 0.6 is 0 Å². The lowest BCUT2D eigenvalue weighted by atomic mass is 10.1. The van der Waals surface area contributed by atoms with E-state index in [1.807, 2.05) is 0 Å². The summed E-state index contributed by atoms with van der Waals surface area (Å²) in [5, 5.41) is 8.94. The van der Waals surface area contributed by atoms with E-state index in [-0.39, 0.29) is 11.7 Å². The summed E-state index contributed by atoms with van der Waals surface area (Å²) >= 11 is 0. The molecule has 21 heavy (non-hydrogen) atoms. The smallest absolute Gasteiger partial charge is 0.251 e. The molecule has 0 atom stereocenters. The Bertz CT molecular complexity index is 502. The van der Waals surface area contributed by atoms with Gasteiger partial charge in [-0.2, -0.15) is 0 Å². The Labute approximate surface area is 125 Å². The average Bonchev–Trinajstić information content (AvgIpc) is 2.49. The van der Waals surface area contributed by atoms with Crippen LogP contribution in [0.1, 0.15) is 29.3 Å². The molecule has 3 N–H and O–H groups in total. The molecular formula is C15H23FN4O. The summed E-state index contributed by atoms with van der Waals surface area (Å²) in [6.07, 6.45) is 1.01. The SMILES string of the molecule is CCCNC(=NC)NCCNC(=O)c1ccc(C)c(F)c1. The first kappa shape index (κ1) is 16.9. The number of carbonyl (C=O) groups is 1. The largest absolute Gasteiger partial charge is 0.356 e. The summed E-state index contributed by atoms with van der Waals surface area (Å²) in [6.45, 7) is 5.55. The number of nitrogens with zero attached hydrogens (tertiary/aromatic N) is 1. The van der Waals surface area contributed by atoms with Crippen molar-refractivity contribution in [3.63, 3.8) is 0 Å². The molecule has 0 aromatic heterocycles. The molecule has 0 spiro atoms. The van der Waals surface area contributed by atoms with Gasteiger partial charge in [0.1, 0.15) is 5.82 Å². The Morgan fingerprint density at radius 1 is 1.19 bits per heavy atom. The molecule has 0 heterocycles. The van der Waals surface area contributed by atoms with Crippen molar-refractivity contribution >= 4 is 11.9 Å². The van der Waals surface area contributed by atoms with Crippen molar-refractivity contribution in [3.8, 4) is 0 Å². The van der Waals surface area contributed by atoms with E-state index >= 15 is 0 Å². The third kappa shape index (κ3) is 5.81. The average molecular weight is 294 g/mol. The quantitative estimate of drug-likeness (QED) is 0.422. The van der Waals surface area contributed by atoms with E-state index in [1.165, 1.54) is 6.07 Å². The van der Waals surface area contributed by atoms with Crippen molar-refractivity contribution < 1.29 is 9.18 Å². The fourth-order valence-electron chi connectivity index (χ4n) is 1.66. The minimum Gasteiger partial charge on any atom is -0.356 e. The number of nitrogens with one attached hydrogen (secondary N) is 3. The van der Waals surface area contributed by atoms with Crippen LogP contribution in [-0.4, -0.2) is 38.5 Å². The van der Waals surface area contributed by atoms with Gasteiger partial charge in [-0.05, 0) is 31.0 Å². The Morgan fingerprint density at radius 3 is 2.48 bits per heavy atom. The number of carbonyl (C=O) groups excluding carboxylic acids is 1. The van der Waals surface area contributed by atoms with Gasteiger partial charge in [0, 0.05) is 32.2 Å². The predicted molar refractivity (Wildman–Crippen MR) is 83.1 cm³/mol. The highest BCUT2D eigenvalue weighted by Gasteiger charge is 2.07. The summed E-state index contributed by atoms with van der Waals surface area (Å²) < 4.78 is 13.4. The molecule has 1 aromatic rings. The van der Waals surface area contributed by atoms with Gasteiger partial charge in [-0.25, -0.2) is 4.39 Å². The van der Waals surface area contributed by atoms with E-state index in [2.05, 4.69) is 27.9 Å². The third-order valence-electron chi connectivity index (χ3n) is 2.90. The topological polar surface area (TPSA) is 65.5 Å². The van der Waals surface area contributed by atoms with Crippen LogP contribution < -0.4 is 16.0 Å². The molecule has 6 heteroatoms. The van der Waals surface area contributed by atoms with Crippen molar-refractivity contribution in [1.29, 1.82) is 0 Å². The molecule has 5 nitrogen and oxygen atoms in total. The van der Waals surface area contributed by atoms with Gasteiger partial charge in [-0.3, -0.25) is 9.79 Å². The maximum atomic E-state index is 13.4. The maximum absolute atomic E-state index is 13.4. The molecule has 0 unspecified atom stereocenters. The van der Waals surface area contributed by atoms with Crippen LogP contribution in [0.5, 0.6) is 0 Å². The van der Waals surface area contributed by atoms with Gasteiger partial charge in [-0.1, -0.05) is 13.0 Å². The van der Waals surface area contributed by atoms with Crippen molar-refractivity contribution in [1.82, 2.24) is 16.0 Å². The van der Waals surface area contributed by atoms with Gasteiger partial charge < -0.3 is 16.0 Å². The summed E-state index contributed by atoms with van der Waals surface area (Å²) in [7, 11) is 1.69. The van der Waals surface area contributed by atoms with E-state index in [0.717, 1.165) is 13.0 Å². The molecule has 0 saturated carbocycles. The molecule has 0 bridgehead atoms. The van der Waals surface area contributed by atoms with Crippen LogP contribution in [0.3, 0.4) is 0 Å². The molecule has 0 aliphatic carbocycles. The first-order chi connectivity index (χ1) is 10.1. The lowest BCUT2D eigenvalue weighted by molar-refractivity contribution is 0.0954. The van der Waals surface area contributed by atoms with E-state index in [4.69, 9.17) is 0 Å². The zero-order chi connectivity index (χ0) is 15.7. The van der Waals surface area contributed by atoms with Gasteiger partial charge in [0.15, 0.2) is 5.96 Å². The Kier molecular flexibility index (Phi) is 7.21. The zero-order valence-electron chi connectivity index (χ0n) is 12.8. The predicted octanol–water partition coefficient (Wildman–Crippen LogP) is 1.44. The second-order valence-corrected chi connectivity index (χ2v) is 4.65. The number of hydrogen-bond donors (Lipinski definition) is 3. The molecule has 1 amide bonds. The van der Waals surface area contributed by atoms with Crippen LogP contribution in [-0.2, 0) is 0 Å². The van der Waals surface area contributed by atoms with Crippen LogP contribution in [0.15, 0.2) is 23.2 Å². The Morgan fingerprint density at radius 2 is 1.86 bits per heavy atom. The molecule has 0 aliphatic rings. The highest BCUT2D eigenvalue weighted by molar-refractivity contribution is 5.94. The van der Waals surface area contributed by atoms with Crippen molar-refractivity contribution in [2.75, 3.05) is 26.7 Å². The van der Waals surface area contributed by atoms with Crippen LogP contribution in [0, 0.1) is 12.7 Å².